The normalized spacial score (nSPS) is 16.0. The Hall–Kier alpha value is -2.19. The molecular weight excluding hydrogens is 450 g/mol. The topological polar surface area (TPSA) is 92.5 Å². The molecule has 8 heteroatoms. The molecule has 1 aliphatic rings. The monoisotopic (exact) mass is 489 g/mol. The lowest BCUT2D eigenvalue weighted by Gasteiger charge is -2.38. The molecule has 0 aliphatic heterocycles. The molecule has 0 spiro atoms. The summed E-state index contributed by atoms with van der Waals surface area (Å²) in [7, 11) is -3.67. The molecule has 1 fully saturated rings. The summed E-state index contributed by atoms with van der Waals surface area (Å²) in [5.74, 6) is -0.488. The van der Waals surface area contributed by atoms with E-state index < -0.39 is 21.5 Å². The zero-order valence-electron chi connectivity index (χ0n) is 21.0. The van der Waals surface area contributed by atoms with Crippen LogP contribution < -0.4 is 5.32 Å². The quantitative estimate of drug-likeness (QED) is 0.502. The number of nitrogens with one attached hydrogen (secondary N) is 1. The minimum Gasteiger partial charge on any atom is -0.441 e. The van der Waals surface area contributed by atoms with Crippen molar-refractivity contribution in [3.8, 4) is 11.5 Å². The lowest BCUT2D eigenvalue weighted by molar-refractivity contribution is -0.118. The van der Waals surface area contributed by atoms with Crippen LogP contribution in [-0.4, -0.2) is 55.1 Å². The third kappa shape index (κ3) is 7.40. The molecule has 1 aliphatic carbocycles. The molecule has 0 saturated heterocycles. The lowest BCUT2D eigenvalue weighted by atomic mass is 9.93. The maximum atomic E-state index is 12.7. The van der Waals surface area contributed by atoms with E-state index in [0.29, 0.717) is 36.0 Å². The molecule has 1 saturated carbocycles. The second kappa shape index (κ2) is 12.0. The number of carbonyl (C=O) groups excluding carboxylic acids is 1. The van der Waals surface area contributed by atoms with Gasteiger partial charge in [0.15, 0.2) is 9.84 Å². The van der Waals surface area contributed by atoms with Gasteiger partial charge in [-0.15, -0.1) is 0 Å². The molecule has 0 bridgehead atoms. The van der Waals surface area contributed by atoms with Crippen molar-refractivity contribution in [2.75, 3.05) is 18.8 Å². The number of aromatic nitrogens is 1. The molecule has 1 N–H and O–H groups in total. The van der Waals surface area contributed by atoms with Crippen LogP contribution in [0.15, 0.2) is 28.7 Å². The number of rotatable bonds is 11. The fourth-order valence-electron chi connectivity index (χ4n) is 4.63. The fourth-order valence-corrected chi connectivity index (χ4v) is 5.91. The van der Waals surface area contributed by atoms with Crippen molar-refractivity contribution in [2.45, 2.75) is 84.1 Å². The van der Waals surface area contributed by atoms with Crippen molar-refractivity contribution < 1.29 is 17.6 Å². The average Bonchev–Trinajstić information content (AvgIpc) is 3.16. The van der Waals surface area contributed by atoms with Crippen LogP contribution in [-0.2, 0) is 20.4 Å². The molecule has 3 rings (SSSR count). The maximum absolute atomic E-state index is 12.7. The van der Waals surface area contributed by atoms with Crippen LogP contribution in [0.3, 0.4) is 0 Å². The number of aryl methyl sites for hydroxylation is 2. The van der Waals surface area contributed by atoms with Crippen molar-refractivity contribution in [1.29, 1.82) is 0 Å². The molecular formula is C26H39N3O4S. The van der Waals surface area contributed by atoms with Gasteiger partial charge in [-0.2, -0.15) is 0 Å². The van der Waals surface area contributed by atoms with Gasteiger partial charge in [-0.05, 0) is 52.2 Å². The van der Waals surface area contributed by atoms with Crippen LogP contribution in [0.2, 0.25) is 0 Å². The number of carbonyl (C=O) groups is 1. The van der Waals surface area contributed by atoms with Crippen molar-refractivity contribution in [2.24, 2.45) is 0 Å². The summed E-state index contributed by atoms with van der Waals surface area (Å²) >= 11 is 0. The summed E-state index contributed by atoms with van der Waals surface area (Å²) < 4.78 is 31.1. The van der Waals surface area contributed by atoms with E-state index in [1.807, 2.05) is 31.2 Å². The first kappa shape index (κ1) is 26.4. The number of nitrogens with zero attached hydrogens (tertiary/aromatic N) is 2. The number of oxazole rings is 1. The first-order chi connectivity index (χ1) is 16.2. The first-order valence-corrected chi connectivity index (χ1v) is 14.3. The van der Waals surface area contributed by atoms with E-state index >= 15 is 0 Å². The summed E-state index contributed by atoms with van der Waals surface area (Å²) in [6.45, 7) is 9.30. The number of sulfone groups is 1. The first-order valence-electron chi connectivity index (χ1n) is 12.4. The Morgan fingerprint density at radius 2 is 1.85 bits per heavy atom. The molecule has 1 heterocycles. The molecule has 34 heavy (non-hydrogen) atoms. The van der Waals surface area contributed by atoms with Crippen molar-refractivity contribution in [3.05, 3.63) is 41.3 Å². The molecule has 7 nitrogen and oxygen atoms in total. The Balaban J connectivity index is 1.53. The largest absolute Gasteiger partial charge is 0.441 e. The highest BCUT2D eigenvalue weighted by Crippen LogP contribution is 2.25. The van der Waals surface area contributed by atoms with Gasteiger partial charge in [-0.1, -0.05) is 43.9 Å². The SMILES string of the molecule is CC[C@@H](C)N(CCNC(=O)CS(=O)(=O)Cc1nc(-c2ccc(C)cc2)oc1C)C1CCCCC1. The Kier molecular flexibility index (Phi) is 9.31. The number of benzene rings is 1. The van der Waals surface area contributed by atoms with E-state index in [1.54, 1.807) is 6.92 Å². The Morgan fingerprint density at radius 3 is 2.50 bits per heavy atom. The van der Waals surface area contributed by atoms with Crippen molar-refractivity contribution in [1.82, 2.24) is 15.2 Å². The van der Waals surface area contributed by atoms with Gasteiger partial charge in [0.1, 0.15) is 11.5 Å². The smallest absolute Gasteiger partial charge is 0.235 e. The third-order valence-electron chi connectivity index (χ3n) is 6.79. The minimum atomic E-state index is -3.67. The molecule has 188 valence electrons. The lowest BCUT2D eigenvalue weighted by Crippen LogP contribution is -2.47. The van der Waals surface area contributed by atoms with Crippen LogP contribution in [0.1, 0.15) is 69.4 Å². The van der Waals surface area contributed by atoms with Gasteiger partial charge in [0.25, 0.3) is 0 Å². The van der Waals surface area contributed by atoms with Crippen LogP contribution >= 0.6 is 0 Å². The van der Waals surface area contributed by atoms with Crippen LogP contribution in [0, 0.1) is 13.8 Å². The fraction of sp³-hybridized carbons (Fsp3) is 0.615. The summed E-state index contributed by atoms with van der Waals surface area (Å²) in [6.07, 6.45) is 7.28. The Morgan fingerprint density at radius 1 is 1.18 bits per heavy atom. The Labute approximate surface area is 204 Å². The number of hydrogen-bond acceptors (Lipinski definition) is 6. The van der Waals surface area contributed by atoms with Gasteiger partial charge >= 0.3 is 0 Å². The standard InChI is InChI=1S/C26H39N3O4S/c1-5-20(3)29(23-9-7-6-8-10-23)16-15-27-25(30)18-34(31,32)17-24-21(4)33-26(28-24)22-13-11-19(2)12-14-22/h11-14,20,23H,5-10,15-18H2,1-4H3,(H,27,30)/t20-/m1/s1. The van der Waals surface area contributed by atoms with E-state index in [1.165, 1.54) is 32.1 Å². The summed E-state index contributed by atoms with van der Waals surface area (Å²) in [6, 6.07) is 8.69. The van der Waals surface area contributed by atoms with Crippen molar-refractivity contribution in [3.63, 3.8) is 0 Å². The summed E-state index contributed by atoms with van der Waals surface area (Å²) in [5, 5.41) is 2.82. The molecule has 0 unspecified atom stereocenters. The second-order valence-corrected chi connectivity index (χ2v) is 11.6. The molecule has 1 amide bonds. The highest BCUT2D eigenvalue weighted by Gasteiger charge is 2.25. The van der Waals surface area contributed by atoms with Crippen LogP contribution in [0.5, 0.6) is 0 Å². The van der Waals surface area contributed by atoms with Gasteiger partial charge in [0.05, 0.1) is 11.4 Å². The highest BCUT2D eigenvalue weighted by molar-refractivity contribution is 7.91. The van der Waals surface area contributed by atoms with E-state index in [4.69, 9.17) is 4.42 Å². The highest BCUT2D eigenvalue weighted by atomic mass is 32.2. The molecule has 1 atom stereocenters. The molecule has 0 radical (unpaired) electrons. The van der Waals surface area contributed by atoms with E-state index in [2.05, 4.69) is 29.0 Å². The molecule has 1 aromatic heterocycles. The predicted octanol–water partition coefficient (Wildman–Crippen LogP) is 4.42. The van der Waals surface area contributed by atoms with Crippen LogP contribution in [0.4, 0.5) is 0 Å². The van der Waals surface area contributed by atoms with E-state index in [0.717, 1.165) is 24.1 Å². The van der Waals surface area contributed by atoms with Crippen molar-refractivity contribution >= 4 is 15.7 Å². The molecule has 2 aromatic rings. The maximum Gasteiger partial charge on any atom is 0.235 e. The summed E-state index contributed by atoms with van der Waals surface area (Å²) in [5.41, 5.74) is 2.26. The summed E-state index contributed by atoms with van der Waals surface area (Å²) in [4.78, 5) is 19.3. The average molecular weight is 490 g/mol. The van der Waals surface area contributed by atoms with E-state index in [-0.39, 0.29) is 5.75 Å². The van der Waals surface area contributed by atoms with Crippen LogP contribution in [0.25, 0.3) is 11.5 Å². The van der Waals surface area contributed by atoms with Gasteiger partial charge < -0.3 is 9.73 Å². The zero-order valence-corrected chi connectivity index (χ0v) is 21.8. The van der Waals surface area contributed by atoms with E-state index in [9.17, 15) is 13.2 Å². The van der Waals surface area contributed by atoms with Gasteiger partial charge in [-0.25, -0.2) is 13.4 Å². The Bertz CT molecular complexity index is 1040. The number of hydrogen-bond donors (Lipinski definition) is 1. The third-order valence-corrected chi connectivity index (χ3v) is 8.21. The minimum absolute atomic E-state index is 0.317. The van der Waals surface area contributed by atoms with Gasteiger partial charge in [-0.3, -0.25) is 9.69 Å². The van der Waals surface area contributed by atoms with Gasteiger partial charge in [0.2, 0.25) is 11.8 Å². The zero-order chi connectivity index (χ0) is 24.7. The molecule has 1 aromatic carbocycles. The second-order valence-electron chi connectivity index (χ2n) is 9.56. The predicted molar refractivity (Wildman–Crippen MR) is 135 cm³/mol. The van der Waals surface area contributed by atoms with Gasteiger partial charge in [0, 0.05) is 30.7 Å². The number of amides is 1.